The van der Waals surface area contributed by atoms with Crippen LogP contribution in [0.1, 0.15) is 34.8 Å². The molecule has 2 fully saturated rings. The van der Waals surface area contributed by atoms with Crippen LogP contribution in [-0.2, 0) is 4.74 Å². The summed E-state index contributed by atoms with van der Waals surface area (Å²) < 4.78 is 11.3. The van der Waals surface area contributed by atoms with Crippen LogP contribution in [-0.4, -0.2) is 54.6 Å². The maximum Gasteiger partial charge on any atom is 0.410 e. The quantitative estimate of drug-likeness (QED) is 0.686. The summed E-state index contributed by atoms with van der Waals surface area (Å²) in [6.45, 7) is 1.60. The Morgan fingerprint density at radius 2 is 1.86 bits per heavy atom. The van der Waals surface area contributed by atoms with Crippen LogP contribution in [0.5, 0.6) is 5.75 Å². The van der Waals surface area contributed by atoms with Crippen molar-refractivity contribution in [3.8, 4) is 5.75 Å². The van der Waals surface area contributed by atoms with E-state index >= 15 is 0 Å². The van der Waals surface area contributed by atoms with E-state index in [1.54, 1.807) is 25.3 Å². The molecule has 2 aliphatic heterocycles. The van der Waals surface area contributed by atoms with Crippen LogP contribution in [0, 0.1) is 0 Å². The zero-order valence-electron chi connectivity index (χ0n) is 16.2. The molecule has 4 rings (SSSR count). The summed E-state index contributed by atoms with van der Waals surface area (Å²) in [7, 11) is 1.60. The molecule has 2 amide bonds. The van der Waals surface area contributed by atoms with Gasteiger partial charge in [0.15, 0.2) is 0 Å². The topological polar surface area (TPSA) is 59.1 Å². The predicted molar refractivity (Wildman–Crippen MR) is 112 cm³/mol. The van der Waals surface area contributed by atoms with Crippen molar-refractivity contribution in [1.29, 1.82) is 0 Å². The standard InChI is InChI=1S/C22H23BrN2O4/c1-28-20-8-7-16(13-18(20)23)21(26)24-11-9-17(10-12-24)25-19(14-29-22(25)27)15-5-3-2-4-6-15/h2-8,13,17,19H,9-12,14H2,1H3. The van der Waals surface area contributed by atoms with Crippen molar-refractivity contribution in [2.75, 3.05) is 26.8 Å². The molecule has 0 bridgehead atoms. The van der Waals surface area contributed by atoms with E-state index in [1.807, 2.05) is 40.1 Å². The Kier molecular flexibility index (Phi) is 5.76. The van der Waals surface area contributed by atoms with Crippen LogP contribution in [0.4, 0.5) is 4.79 Å². The Morgan fingerprint density at radius 1 is 1.14 bits per heavy atom. The molecule has 0 saturated carbocycles. The van der Waals surface area contributed by atoms with Crippen LogP contribution < -0.4 is 4.74 Å². The van der Waals surface area contributed by atoms with Crippen molar-refractivity contribution in [1.82, 2.24) is 9.80 Å². The Hall–Kier alpha value is -2.54. The lowest BCUT2D eigenvalue weighted by Crippen LogP contribution is -2.47. The number of hydrogen-bond donors (Lipinski definition) is 0. The second kappa shape index (κ2) is 8.45. The van der Waals surface area contributed by atoms with Gasteiger partial charge in [-0.3, -0.25) is 9.69 Å². The number of cyclic esters (lactones) is 1. The molecule has 0 N–H and O–H groups in total. The van der Waals surface area contributed by atoms with Crippen LogP contribution in [0.15, 0.2) is 53.0 Å². The number of carbonyl (C=O) groups is 2. The maximum absolute atomic E-state index is 12.9. The van der Waals surface area contributed by atoms with Crippen molar-refractivity contribution in [3.05, 3.63) is 64.1 Å². The Morgan fingerprint density at radius 3 is 2.52 bits per heavy atom. The predicted octanol–water partition coefficient (Wildman–Crippen LogP) is 4.26. The molecular weight excluding hydrogens is 436 g/mol. The summed E-state index contributed by atoms with van der Waals surface area (Å²) in [4.78, 5) is 29.0. The molecule has 0 radical (unpaired) electrons. The third-order valence-electron chi connectivity index (χ3n) is 5.64. The van der Waals surface area contributed by atoms with Crippen molar-refractivity contribution >= 4 is 27.9 Å². The van der Waals surface area contributed by atoms with E-state index < -0.39 is 0 Å². The molecule has 2 aliphatic rings. The summed E-state index contributed by atoms with van der Waals surface area (Å²) in [5.74, 6) is 0.690. The molecule has 0 spiro atoms. The average Bonchev–Trinajstić information content (AvgIpc) is 3.15. The number of likely N-dealkylation sites (tertiary alicyclic amines) is 1. The first-order chi connectivity index (χ1) is 14.1. The summed E-state index contributed by atoms with van der Waals surface area (Å²) in [6.07, 6.45) is 1.21. The number of nitrogens with zero attached hydrogens (tertiary/aromatic N) is 2. The largest absolute Gasteiger partial charge is 0.496 e. The smallest absolute Gasteiger partial charge is 0.410 e. The van der Waals surface area contributed by atoms with Crippen molar-refractivity contribution < 1.29 is 19.1 Å². The van der Waals surface area contributed by atoms with E-state index in [0.29, 0.717) is 31.0 Å². The van der Waals surface area contributed by atoms with Gasteiger partial charge in [-0.15, -0.1) is 0 Å². The van der Waals surface area contributed by atoms with Gasteiger partial charge in [0, 0.05) is 24.7 Å². The number of hydrogen-bond acceptors (Lipinski definition) is 4. The fraction of sp³-hybridized carbons (Fsp3) is 0.364. The van der Waals surface area contributed by atoms with Gasteiger partial charge in [-0.1, -0.05) is 30.3 Å². The van der Waals surface area contributed by atoms with Crippen LogP contribution in [0.3, 0.4) is 0 Å². The summed E-state index contributed by atoms with van der Waals surface area (Å²) in [5.41, 5.74) is 1.71. The average molecular weight is 459 g/mol. The van der Waals surface area contributed by atoms with E-state index in [4.69, 9.17) is 9.47 Å². The lowest BCUT2D eigenvalue weighted by Gasteiger charge is -2.38. The third-order valence-corrected chi connectivity index (χ3v) is 6.26. The van der Waals surface area contributed by atoms with Crippen LogP contribution >= 0.6 is 15.9 Å². The first-order valence-corrected chi connectivity index (χ1v) is 10.5. The zero-order chi connectivity index (χ0) is 20.4. The highest BCUT2D eigenvalue weighted by Gasteiger charge is 2.40. The Bertz CT molecular complexity index is 897. The minimum Gasteiger partial charge on any atom is -0.496 e. The Balaban J connectivity index is 1.43. The van der Waals surface area contributed by atoms with Gasteiger partial charge < -0.3 is 14.4 Å². The number of piperidine rings is 1. The Labute approximate surface area is 178 Å². The SMILES string of the molecule is COc1ccc(C(=O)N2CCC(N3C(=O)OCC3c3ccccc3)CC2)cc1Br. The first kappa shape index (κ1) is 19.8. The maximum atomic E-state index is 12.9. The number of rotatable bonds is 4. The molecule has 1 atom stereocenters. The molecule has 152 valence electrons. The monoisotopic (exact) mass is 458 g/mol. The lowest BCUT2D eigenvalue weighted by molar-refractivity contribution is 0.0636. The third kappa shape index (κ3) is 3.96. The van der Waals surface area contributed by atoms with Crippen LogP contribution in [0.2, 0.25) is 0 Å². The molecule has 2 aromatic rings. The normalized spacial score (nSPS) is 19.9. The molecule has 6 nitrogen and oxygen atoms in total. The van der Waals surface area contributed by atoms with Gasteiger partial charge in [0.25, 0.3) is 5.91 Å². The van der Waals surface area contributed by atoms with Crippen molar-refractivity contribution in [2.45, 2.75) is 24.9 Å². The number of amides is 2. The van der Waals surface area contributed by atoms with Gasteiger partial charge in [0.1, 0.15) is 12.4 Å². The number of halogens is 1. The highest BCUT2D eigenvalue weighted by Crippen LogP contribution is 2.33. The fourth-order valence-electron chi connectivity index (χ4n) is 4.10. The number of carbonyl (C=O) groups excluding carboxylic acids is 2. The number of benzene rings is 2. The number of methoxy groups -OCH3 is 1. The fourth-order valence-corrected chi connectivity index (χ4v) is 4.64. The molecule has 1 unspecified atom stereocenters. The van der Waals surface area contributed by atoms with E-state index in [-0.39, 0.29) is 24.1 Å². The number of ether oxygens (including phenoxy) is 2. The minimum absolute atomic E-state index is 0.00425. The molecule has 7 heteroatoms. The van der Waals surface area contributed by atoms with E-state index in [2.05, 4.69) is 15.9 Å². The molecule has 0 aliphatic carbocycles. The summed E-state index contributed by atoms with van der Waals surface area (Å²) in [5, 5.41) is 0. The zero-order valence-corrected chi connectivity index (χ0v) is 17.8. The van der Waals surface area contributed by atoms with Gasteiger partial charge in [0.2, 0.25) is 0 Å². The molecular formula is C22H23BrN2O4. The van der Waals surface area contributed by atoms with Gasteiger partial charge in [-0.25, -0.2) is 4.79 Å². The van der Waals surface area contributed by atoms with E-state index in [9.17, 15) is 9.59 Å². The van der Waals surface area contributed by atoms with Crippen molar-refractivity contribution in [2.24, 2.45) is 0 Å². The summed E-state index contributed by atoms with van der Waals surface area (Å²) >= 11 is 3.44. The molecule has 0 aromatic heterocycles. The highest BCUT2D eigenvalue weighted by atomic mass is 79.9. The minimum atomic E-state index is -0.261. The van der Waals surface area contributed by atoms with Crippen molar-refractivity contribution in [3.63, 3.8) is 0 Å². The second-order valence-electron chi connectivity index (χ2n) is 7.28. The van der Waals surface area contributed by atoms with Gasteiger partial charge in [-0.05, 0) is 52.5 Å². The summed E-state index contributed by atoms with van der Waals surface area (Å²) in [6, 6.07) is 15.3. The van der Waals surface area contributed by atoms with Gasteiger partial charge in [0.05, 0.1) is 17.6 Å². The molecule has 2 aromatic carbocycles. The van der Waals surface area contributed by atoms with E-state index in [0.717, 1.165) is 22.9 Å². The highest BCUT2D eigenvalue weighted by molar-refractivity contribution is 9.10. The lowest BCUT2D eigenvalue weighted by atomic mass is 9.98. The van der Waals surface area contributed by atoms with E-state index in [1.165, 1.54) is 0 Å². The molecule has 2 heterocycles. The molecule has 29 heavy (non-hydrogen) atoms. The first-order valence-electron chi connectivity index (χ1n) is 9.71. The van der Waals surface area contributed by atoms with Crippen LogP contribution in [0.25, 0.3) is 0 Å². The van der Waals surface area contributed by atoms with Gasteiger partial charge >= 0.3 is 6.09 Å². The molecule has 2 saturated heterocycles. The second-order valence-corrected chi connectivity index (χ2v) is 8.14. The van der Waals surface area contributed by atoms with Gasteiger partial charge in [-0.2, -0.15) is 0 Å².